The maximum atomic E-state index is 5.90. The summed E-state index contributed by atoms with van der Waals surface area (Å²) in [6.45, 7) is 3.82. The number of hydrogen-bond donors (Lipinski definition) is 1. The Hall–Kier alpha value is -2.07. The van der Waals surface area contributed by atoms with E-state index in [4.69, 9.17) is 15.2 Å². The summed E-state index contributed by atoms with van der Waals surface area (Å²) in [6, 6.07) is 11.7. The maximum absolute atomic E-state index is 5.90. The first-order chi connectivity index (χ1) is 10.3. The number of nitrogens with two attached hydrogens (primary N) is 1. The Morgan fingerprint density at radius 2 is 2.05 bits per heavy atom. The van der Waals surface area contributed by atoms with Crippen molar-refractivity contribution in [2.24, 2.45) is 5.73 Å². The van der Waals surface area contributed by atoms with Crippen LogP contribution in [-0.2, 0) is 13.0 Å². The molecular weight excluding hydrogens is 264 g/mol. The van der Waals surface area contributed by atoms with Crippen LogP contribution in [0, 0.1) is 0 Å². The molecule has 2 aromatic rings. The van der Waals surface area contributed by atoms with Crippen LogP contribution in [0.25, 0.3) is 0 Å². The fourth-order valence-corrected chi connectivity index (χ4v) is 1.98. The highest BCUT2D eigenvalue weighted by Crippen LogP contribution is 2.26. The lowest BCUT2D eigenvalue weighted by molar-refractivity contribution is 0.289. The molecule has 0 bridgehead atoms. The van der Waals surface area contributed by atoms with Gasteiger partial charge < -0.3 is 15.2 Å². The lowest BCUT2D eigenvalue weighted by atomic mass is 10.1. The van der Waals surface area contributed by atoms with Crippen LogP contribution >= 0.6 is 0 Å². The molecule has 0 saturated carbocycles. The van der Waals surface area contributed by atoms with Gasteiger partial charge in [-0.15, -0.1) is 0 Å². The highest BCUT2D eigenvalue weighted by molar-refractivity contribution is 5.41. The van der Waals surface area contributed by atoms with Gasteiger partial charge in [0, 0.05) is 12.3 Å². The zero-order valence-electron chi connectivity index (χ0n) is 12.4. The Kier molecular flexibility index (Phi) is 6.03. The second-order valence-corrected chi connectivity index (χ2v) is 4.77. The minimum Gasteiger partial charge on any atom is -0.493 e. The molecule has 0 aliphatic heterocycles. The van der Waals surface area contributed by atoms with Crippen molar-refractivity contribution in [3.05, 3.63) is 53.9 Å². The van der Waals surface area contributed by atoms with E-state index in [2.05, 4.69) is 11.9 Å². The summed E-state index contributed by atoms with van der Waals surface area (Å²) in [4.78, 5) is 4.26. The lowest BCUT2D eigenvalue weighted by Gasteiger charge is -2.13. The number of pyridine rings is 1. The van der Waals surface area contributed by atoms with Gasteiger partial charge in [-0.25, -0.2) is 0 Å². The topological polar surface area (TPSA) is 57.4 Å². The van der Waals surface area contributed by atoms with E-state index in [0.717, 1.165) is 35.6 Å². The first kappa shape index (κ1) is 15.3. The minimum absolute atomic E-state index is 0.440. The van der Waals surface area contributed by atoms with Crippen LogP contribution in [0.2, 0.25) is 0 Å². The van der Waals surface area contributed by atoms with Crippen LogP contribution in [0.15, 0.2) is 42.6 Å². The summed E-state index contributed by atoms with van der Waals surface area (Å²) in [5, 5.41) is 0. The Morgan fingerprint density at radius 1 is 1.14 bits per heavy atom. The van der Waals surface area contributed by atoms with E-state index in [1.165, 1.54) is 0 Å². The third kappa shape index (κ3) is 4.76. The van der Waals surface area contributed by atoms with Gasteiger partial charge in [-0.2, -0.15) is 0 Å². The van der Waals surface area contributed by atoms with E-state index in [1.54, 1.807) is 6.20 Å². The largest absolute Gasteiger partial charge is 0.493 e. The van der Waals surface area contributed by atoms with Crippen LogP contribution in [0.4, 0.5) is 0 Å². The molecule has 112 valence electrons. The summed E-state index contributed by atoms with van der Waals surface area (Å²) >= 11 is 0. The van der Waals surface area contributed by atoms with Gasteiger partial charge in [-0.3, -0.25) is 4.98 Å². The van der Waals surface area contributed by atoms with Crippen LogP contribution in [-0.4, -0.2) is 18.1 Å². The smallest absolute Gasteiger partial charge is 0.130 e. The van der Waals surface area contributed by atoms with Crippen molar-refractivity contribution in [1.82, 2.24) is 4.98 Å². The highest BCUT2D eigenvalue weighted by atomic mass is 16.5. The summed E-state index contributed by atoms with van der Waals surface area (Å²) in [5.74, 6) is 1.65. The Bertz CT molecular complexity index is 544. The van der Waals surface area contributed by atoms with E-state index < -0.39 is 0 Å². The molecule has 0 fully saturated rings. The third-order valence-electron chi connectivity index (χ3n) is 3.03. The average Bonchev–Trinajstić information content (AvgIpc) is 2.53. The first-order valence-electron chi connectivity index (χ1n) is 7.32. The van der Waals surface area contributed by atoms with E-state index in [0.29, 0.717) is 19.8 Å². The van der Waals surface area contributed by atoms with E-state index in [9.17, 15) is 0 Å². The van der Waals surface area contributed by atoms with Crippen molar-refractivity contribution in [2.75, 3.05) is 13.2 Å². The number of benzene rings is 1. The molecule has 0 amide bonds. The molecule has 2 rings (SSSR count). The number of rotatable bonds is 8. The number of hydrogen-bond acceptors (Lipinski definition) is 4. The van der Waals surface area contributed by atoms with Crippen molar-refractivity contribution >= 4 is 0 Å². The second kappa shape index (κ2) is 8.27. The molecule has 0 unspecified atom stereocenters. The number of aromatic nitrogens is 1. The molecule has 0 spiro atoms. The summed E-state index contributed by atoms with van der Waals surface area (Å²) in [6.07, 6.45) is 3.53. The van der Waals surface area contributed by atoms with Gasteiger partial charge in [-0.05, 0) is 43.1 Å². The van der Waals surface area contributed by atoms with E-state index in [1.807, 2.05) is 36.4 Å². The number of nitrogens with zero attached hydrogens (tertiary/aromatic N) is 1. The summed E-state index contributed by atoms with van der Waals surface area (Å²) < 4.78 is 11.6. The van der Waals surface area contributed by atoms with Crippen molar-refractivity contribution in [3.63, 3.8) is 0 Å². The first-order valence-corrected chi connectivity index (χ1v) is 7.32. The zero-order chi connectivity index (χ0) is 14.9. The molecule has 1 aromatic carbocycles. The molecule has 1 aromatic heterocycles. The van der Waals surface area contributed by atoms with E-state index >= 15 is 0 Å². The molecule has 2 N–H and O–H groups in total. The molecular formula is C17H22N2O2. The Balaban J connectivity index is 2.09. The lowest BCUT2D eigenvalue weighted by Crippen LogP contribution is -2.06. The minimum atomic E-state index is 0.440. The van der Waals surface area contributed by atoms with Gasteiger partial charge in [0.2, 0.25) is 0 Å². The monoisotopic (exact) mass is 286 g/mol. The Morgan fingerprint density at radius 3 is 2.76 bits per heavy atom. The van der Waals surface area contributed by atoms with Gasteiger partial charge in [-0.1, -0.05) is 19.1 Å². The summed E-state index contributed by atoms with van der Waals surface area (Å²) in [5.41, 5.74) is 7.65. The van der Waals surface area contributed by atoms with Crippen molar-refractivity contribution in [3.8, 4) is 11.5 Å². The standard InChI is InChI=1S/C17H22N2O2/c1-2-11-20-16-7-6-14(8-9-18)17(12-16)21-13-15-5-3-4-10-19-15/h3-7,10,12H,2,8-9,11,13,18H2,1H3. The molecule has 0 aliphatic rings. The van der Waals surface area contributed by atoms with Crippen LogP contribution in [0.5, 0.6) is 11.5 Å². The molecule has 0 radical (unpaired) electrons. The van der Waals surface area contributed by atoms with Gasteiger partial charge in [0.15, 0.2) is 0 Å². The summed E-state index contributed by atoms with van der Waals surface area (Å²) in [7, 11) is 0. The van der Waals surface area contributed by atoms with Crippen molar-refractivity contribution in [1.29, 1.82) is 0 Å². The molecule has 0 atom stereocenters. The molecule has 4 heteroatoms. The fraction of sp³-hybridized carbons (Fsp3) is 0.353. The zero-order valence-corrected chi connectivity index (χ0v) is 12.4. The van der Waals surface area contributed by atoms with Crippen LogP contribution in [0.1, 0.15) is 24.6 Å². The van der Waals surface area contributed by atoms with Gasteiger partial charge in [0.25, 0.3) is 0 Å². The van der Waals surface area contributed by atoms with Gasteiger partial charge in [0.05, 0.1) is 12.3 Å². The van der Waals surface area contributed by atoms with Crippen molar-refractivity contribution < 1.29 is 9.47 Å². The van der Waals surface area contributed by atoms with Crippen LogP contribution < -0.4 is 15.2 Å². The fourth-order valence-electron chi connectivity index (χ4n) is 1.98. The average molecular weight is 286 g/mol. The SMILES string of the molecule is CCCOc1ccc(CCN)c(OCc2ccccn2)c1. The van der Waals surface area contributed by atoms with E-state index in [-0.39, 0.29) is 0 Å². The van der Waals surface area contributed by atoms with Gasteiger partial charge >= 0.3 is 0 Å². The predicted molar refractivity (Wildman–Crippen MR) is 83.6 cm³/mol. The van der Waals surface area contributed by atoms with Crippen LogP contribution in [0.3, 0.4) is 0 Å². The maximum Gasteiger partial charge on any atom is 0.130 e. The Labute approximate surface area is 125 Å². The molecule has 1 heterocycles. The molecule has 0 aliphatic carbocycles. The predicted octanol–water partition coefficient (Wildman–Crippen LogP) is 2.95. The highest BCUT2D eigenvalue weighted by Gasteiger charge is 2.06. The molecule has 0 saturated heterocycles. The normalized spacial score (nSPS) is 10.4. The second-order valence-electron chi connectivity index (χ2n) is 4.77. The quantitative estimate of drug-likeness (QED) is 0.810. The van der Waals surface area contributed by atoms with Gasteiger partial charge in [0.1, 0.15) is 18.1 Å². The number of ether oxygens (including phenoxy) is 2. The molecule has 21 heavy (non-hydrogen) atoms. The van der Waals surface area contributed by atoms with Crippen molar-refractivity contribution in [2.45, 2.75) is 26.4 Å². The third-order valence-corrected chi connectivity index (χ3v) is 3.03. The molecule has 4 nitrogen and oxygen atoms in total.